The topological polar surface area (TPSA) is 0 Å². The van der Waals surface area contributed by atoms with Gasteiger partial charge in [-0.25, -0.2) is 0 Å². The molecule has 6 aromatic carbocycles. The second-order valence-corrected chi connectivity index (χ2v) is 12.5. The van der Waals surface area contributed by atoms with Crippen LogP contribution in [0.25, 0.3) is 33.0 Å². The summed E-state index contributed by atoms with van der Waals surface area (Å²) in [6.07, 6.45) is 0. The molecule has 0 heteroatoms. The summed E-state index contributed by atoms with van der Waals surface area (Å²) < 4.78 is 0. The zero-order valence-electron chi connectivity index (χ0n) is 25.2. The van der Waals surface area contributed by atoms with Gasteiger partial charge in [0.15, 0.2) is 0 Å². The lowest BCUT2D eigenvalue weighted by molar-refractivity contribution is 1.28. The van der Waals surface area contributed by atoms with E-state index in [1.807, 2.05) is 0 Å². The van der Waals surface area contributed by atoms with E-state index >= 15 is 0 Å². The van der Waals surface area contributed by atoms with E-state index in [0.29, 0.717) is 0 Å². The van der Waals surface area contributed by atoms with Crippen molar-refractivity contribution >= 4 is 21.9 Å². The molecule has 0 amide bonds. The van der Waals surface area contributed by atoms with Crippen molar-refractivity contribution < 1.29 is 0 Å². The van der Waals surface area contributed by atoms with Crippen LogP contribution in [0.5, 0.6) is 0 Å². The fourth-order valence-corrected chi connectivity index (χ4v) is 8.06. The van der Waals surface area contributed by atoms with Crippen molar-refractivity contribution in [2.75, 3.05) is 0 Å². The Labute approximate surface area is 247 Å². The number of hydrogen-bond acceptors (Lipinski definition) is 0. The minimum atomic E-state index is 1.30. The summed E-state index contributed by atoms with van der Waals surface area (Å²) in [5.41, 5.74) is 18.9. The predicted octanol–water partition coefficient (Wildman–Crippen LogP) is 8.77. The summed E-state index contributed by atoms with van der Waals surface area (Å²) in [4.78, 5) is 0. The molecule has 0 aliphatic heterocycles. The number of hydrogen-bond donors (Lipinski definition) is 0. The number of benzene rings is 6. The maximum Gasteiger partial charge on any atom is -0.00208 e. The van der Waals surface area contributed by atoms with E-state index in [2.05, 4.69) is 139 Å². The van der Waals surface area contributed by atoms with Crippen molar-refractivity contribution in [2.24, 2.45) is 0 Å². The number of fused-ring (bicyclic) bond motifs is 6. The maximum atomic E-state index is 2.47. The molecule has 2 aliphatic carbocycles. The Morgan fingerprint density at radius 2 is 0.786 bits per heavy atom. The molecule has 0 atom stereocenters. The van der Waals surface area contributed by atoms with Gasteiger partial charge in [0.2, 0.25) is 0 Å². The van der Waals surface area contributed by atoms with Gasteiger partial charge in [-0.1, -0.05) is 83.9 Å². The predicted molar refractivity (Wildman–Crippen MR) is 177 cm³/mol. The van der Waals surface area contributed by atoms with Crippen molar-refractivity contribution in [3.8, 4) is 11.1 Å². The van der Waals surface area contributed by atoms with Gasteiger partial charge in [0.25, 0.3) is 0 Å². The molecule has 0 spiro atoms. The van der Waals surface area contributed by atoms with Gasteiger partial charge in [-0.2, -0.15) is 0 Å². The molecule has 42 heavy (non-hydrogen) atoms. The van der Waals surface area contributed by atoms with Gasteiger partial charge in [0, 0.05) is 0 Å². The van der Waals surface area contributed by atoms with Gasteiger partial charge in [0.1, 0.15) is 0 Å². The minimum absolute atomic E-state index is 1.30. The summed E-state index contributed by atoms with van der Waals surface area (Å²) in [5, 5.41) is 7.96. The van der Waals surface area contributed by atoms with Crippen LogP contribution in [-0.2, 0) is 0 Å². The molecule has 0 heterocycles. The standard InChI is InChI=1S/C42H34/c1-23-15-25(3)39(26(4)16-23)41-33-13-9-7-11-31(33)35-19-29-20-36-32-12-8-10-14-34(32)42(38(36)22-30(29)21-37(35)41)40-27(5)17-24(2)18-28(40)6/h7-22H,1-6H3. The molecular formula is C42H34. The molecular weight excluding hydrogens is 504 g/mol. The third-order valence-corrected chi connectivity index (χ3v) is 9.48. The van der Waals surface area contributed by atoms with Gasteiger partial charge in [-0.05, 0) is 164 Å². The maximum absolute atomic E-state index is 2.47. The Morgan fingerprint density at radius 3 is 1.38 bits per heavy atom. The molecule has 0 fully saturated rings. The van der Waals surface area contributed by atoms with Crippen LogP contribution in [0.1, 0.15) is 55.6 Å². The Bertz CT molecular complexity index is 2350. The van der Waals surface area contributed by atoms with Gasteiger partial charge in [-0.15, -0.1) is 0 Å². The monoisotopic (exact) mass is 538 g/mol. The van der Waals surface area contributed by atoms with Gasteiger partial charge in [-0.3, -0.25) is 0 Å². The van der Waals surface area contributed by atoms with Crippen LogP contribution in [0.4, 0.5) is 0 Å². The molecule has 6 aromatic rings. The van der Waals surface area contributed by atoms with Crippen LogP contribution in [0, 0.1) is 52.0 Å². The molecule has 0 saturated heterocycles. The number of aryl methyl sites for hydroxylation is 6. The van der Waals surface area contributed by atoms with E-state index in [1.165, 1.54) is 110 Å². The van der Waals surface area contributed by atoms with E-state index < -0.39 is 0 Å². The highest BCUT2D eigenvalue weighted by Crippen LogP contribution is 2.40. The summed E-state index contributed by atoms with van der Waals surface area (Å²) >= 11 is 0. The largest absolute Gasteiger partial charge is 0.0616 e. The molecule has 0 aromatic heterocycles. The Balaban J connectivity index is 1.50. The average molecular weight is 539 g/mol. The smallest absolute Gasteiger partial charge is 0.00208 e. The first-order chi connectivity index (χ1) is 20.3. The zero-order valence-corrected chi connectivity index (χ0v) is 25.2. The van der Waals surface area contributed by atoms with E-state index in [1.54, 1.807) is 0 Å². The fraction of sp³-hybridized carbons (Fsp3) is 0.143. The molecule has 202 valence electrons. The molecule has 0 unspecified atom stereocenters. The van der Waals surface area contributed by atoms with E-state index in [9.17, 15) is 0 Å². The van der Waals surface area contributed by atoms with Crippen LogP contribution >= 0.6 is 0 Å². The highest BCUT2D eigenvalue weighted by Gasteiger charge is 2.25. The first-order valence-electron chi connectivity index (χ1n) is 15.0. The van der Waals surface area contributed by atoms with Crippen molar-refractivity contribution in [3.05, 3.63) is 174 Å². The van der Waals surface area contributed by atoms with Crippen molar-refractivity contribution in [3.63, 3.8) is 0 Å². The minimum Gasteiger partial charge on any atom is -0.0616 e. The van der Waals surface area contributed by atoms with Crippen molar-refractivity contribution in [2.45, 2.75) is 41.5 Å². The zero-order chi connectivity index (χ0) is 28.9. The number of rotatable bonds is 2. The first-order valence-corrected chi connectivity index (χ1v) is 15.0. The van der Waals surface area contributed by atoms with Crippen LogP contribution < -0.4 is 10.4 Å². The Hall–Kier alpha value is -4.68. The summed E-state index contributed by atoms with van der Waals surface area (Å²) in [6, 6.07) is 37.1. The average Bonchev–Trinajstić information content (AvgIpc) is 3.42. The van der Waals surface area contributed by atoms with Crippen LogP contribution in [0.3, 0.4) is 0 Å². The highest BCUT2D eigenvalue weighted by molar-refractivity contribution is 6.02. The van der Waals surface area contributed by atoms with Crippen LogP contribution in [0.15, 0.2) is 97.1 Å². The second-order valence-electron chi connectivity index (χ2n) is 12.5. The SMILES string of the molecule is Cc1cc(C)c(C2=c3cc4cc5c(cc4cc3-c3ccccc32)=c2ccccc2=C5c2c(C)cc(C)cc2C)c(C)c1. The van der Waals surface area contributed by atoms with Gasteiger partial charge < -0.3 is 0 Å². The highest BCUT2D eigenvalue weighted by atomic mass is 14.3. The molecule has 0 saturated carbocycles. The molecule has 0 N–H and O–H groups in total. The first kappa shape index (κ1) is 25.1. The second kappa shape index (κ2) is 8.91. The fourth-order valence-electron chi connectivity index (χ4n) is 8.06. The molecule has 0 nitrogen and oxygen atoms in total. The molecule has 8 rings (SSSR count). The lowest BCUT2D eigenvalue weighted by Crippen LogP contribution is -2.09. The normalized spacial score (nSPS) is 12.9. The van der Waals surface area contributed by atoms with E-state index in [-0.39, 0.29) is 0 Å². The van der Waals surface area contributed by atoms with Crippen molar-refractivity contribution in [1.82, 2.24) is 0 Å². The molecule has 2 aliphatic rings. The third kappa shape index (κ3) is 3.48. The van der Waals surface area contributed by atoms with E-state index in [0.717, 1.165) is 0 Å². The third-order valence-electron chi connectivity index (χ3n) is 9.48. The van der Waals surface area contributed by atoms with Gasteiger partial charge in [0.05, 0.1) is 0 Å². The van der Waals surface area contributed by atoms with Gasteiger partial charge >= 0.3 is 0 Å². The van der Waals surface area contributed by atoms with E-state index in [4.69, 9.17) is 0 Å². The lowest BCUT2D eigenvalue weighted by atomic mass is 9.88. The Morgan fingerprint density at radius 1 is 0.333 bits per heavy atom. The molecule has 0 bridgehead atoms. The molecule has 0 radical (unpaired) electrons. The lowest BCUT2D eigenvalue weighted by Gasteiger charge is -2.15. The summed E-state index contributed by atoms with van der Waals surface area (Å²) in [7, 11) is 0. The summed E-state index contributed by atoms with van der Waals surface area (Å²) in [5.74, 6) is 0. The quantitative estimate of drug-likeness (QED) is 0.206. The van der Waals surface area contributed by atoms with Crippen molar-refractivity contribution in [1.29, 1.82) is 0 Å². The Kier molecular flexibility index (Phi) is 5.32. The summed E-state index contributed by atoms with van der Waals surface area (Å²) in [6.45, 7) is 13.5. The van der Waals surface area contributed by atoms with Crippen LogP contribution in [-0.4, -0.2) is 0 Å². The van der Waals surface area contributed by atoms with Crippen LogP contribution in [0.2, 0.25) is 0 Å².